The first-order chi connectivity index (χ1) is 12.0. The molecule has 1 aliphatic heterocycles. The Balaban J connectivity index is 1.72. The SMILES string of the molecule is CCC(C)NC(=O)c1cc2c(s1)CCN(C(=O)c1ccc(F)cc1)C2. The Morgan fingerprint density at radius 3 is 2.72 bits per heavy atom. The highest BCUT2D eigenvalue weighted by atomic mass is 32.1. The van der Waals surface area contributed by atoms with Crippen LogP contribution in [0.3, 0.4) is 0 Å². The molecule has 0 aliphatic carbocycles. The van der Waals surface area contributed by atoms with E-state index in [2.05, 4.69) is 5.32 Å². The molecule has 1 aliphatic rings. The van der Waals surface area contributed by atoms with Gasteiger partial charge in [0.2, 0.25) is 0 Å². The van der Waals surface area contributed by atoms with Crippen LogP contribution in [0.2, 0.25) is 0 Å². The van der Waals surface area contributed by atoms with E-state index in [1.165, 1.54) is 35.6 Å². The van der Waals surface area contributed by atoms with Gasteiger partial charge in [0.25, 0.3) is 11.8 Å². The number of halogens is 1. The first-order valence-corrected chi connectivity index (χ1v) is 9.27. The van der Waals surface area contributed by atoms with Crippen LogP contribution in [0.1, 0.15) is 50.7 Å². The van der Waals surface area contributed by atoms with Crippen LogP contribution in [0.15, 0.2) is 30.3 Å². The second-order valence-corrected chi connectivity index (χ2v) is 7.46. The van der Waals surface area contributed by atoms with Crippen molar-refractivity contribution in [3.63, 3.8) is 0 Å². The summed E-state index contributed by atoms with van der Waals surface area (Å²) in [4.78, 5) is 28.5. The van der Waals surface area contributed by atoms with Gasteiger partial charge >= 0.3 is 0 Å². The maximum absolute atomic E-state index is 13.0. The van der Waals surface area contributed by atoms with Gasteiger partial charge in [-0.2, -0.15) is 0 Å². The molecule has 2 amide bonds. The fourth-order valence-corrected chi connectivity index (χ4v) is 3.86. The summed E-state index contributed by atoms with van der Waals surface area (Å²) in [7, 11) is 0. The van der Waals surface area contributed by atoms with Crippen molar-refractivity contribution < 1.29 is 14.0 Å². The Hall–Kier alpha value is -2.21. The third kappa shape index (κ3) is 3.90. The molecule has 0 saturated heterocycles. The van der Waals surface area contributed by atoms with Crippen molar-refractivity contribution in [2.24, 2.45) is 0 Å². The Kier molecular flexibility index (Phi) is 5.18. The third-order valence-electron chi connectivity index (χ3n) is 4.46. The molecule has 1 aromatic heterocycles. The summed E-state index contributed by atoms with van der Waals surface area (Å²) in [6.07, 6.45) is 1.63. The van der Waals surface area contributed by atoms with Crippen molar-refractivity contribution in [1.82, 2.24) is 10.2 Å². The number of rotatable bonds is 4. The third-order valence-corrected chi connectivity index (χ3v) is 5.69. The Morgan fingerprint density at radius 2 is 2.04 bits per heavy atom. The highest BCUT2D eigenvalue weighted by Gasteiger charge is 2.25. The van der Waals surface area contributed by atoms with E-state index in [0.29, 0.717) is 23.5 Å². The van der Waals surface area contributed by atoms with Crippen LogP contribution in [0.5, 0.6) is 0 Å². The van der Waals surface area contributed by atoms with Crippen molar-refractivity contribution in [3.05, 3.63) is 57.0 Å². The fourth-order valence-electron chi connectivity index (χ4n) is 2.79. The molecular formula is C19H21FN2O2S. The molecule has 1 N–H and O–H groups in total. The number of amides is 2. The molecule has 25 heavy (non-hydrogen) atoms. The number of hydrogen-bond acceptors (Lipinski definition) is 3. The summed E-state index contributed by atoms with van der Waals surface area (Å²) in [5, 5.41) is 2.98. The summed E-state index contributed by atoms with van der Waals surface area (Å²) in [5.74, 6) is -0.514. The quantitative estimate of drug-likeness (QED) is 0.905. The summed E-state index contributed by atoms with van der Waals surface area (Å²) >= 11 is 1.51. The molecule has 3 rings (SSSR count). The van der Waals surface area contributed by atoms with E-state index < -0.39 is 0 Å². The lowest BCUT2D eigenvalue weighted by Crippen LogP contribution is -2.35. The van der Waals surface area contributed by atoms with Gasteiger partial charge in [0.1, 0.15) is 5.82 Å². The topological polar surface area (TPSA) is 49.4 Å². The number of nitrogens with zero attached hydrogens (tertiary/aromatic N) is 1. The highest BCUT2D eigenvalue weighted by molar-refractivity contribution is 7.14. The fraction of sp³-hybridized carbons (Fsp3) is 0.368. The van der Waals surface area contributed by atoms with Gasteiger partial charge in [-0.1, -0.05) is 6.92 Å². The lowest BCUT2D eigenvalue weighted by atomic mass is 10.1. The maximum Gasteiger partial charge on any atom is 0.261 e. The standard InChI is InChI=1S/C19H21FN2O2S/c1-3-12(2)21-18(23)17-10-14-11-22(9-8-16(14)25-17)19(24)13-4-6-15(20)7-5-13/h4-7,10,12H,3,8-9,11H2,1-2H3,(H,21,23). The Bertz CT molecular complexity index is 785. The number of nitrogens with one attached hydrogen (secondary N) is 1. The predicted molar refractivity (Wildman–Crippen MR) is 96.4 cm³/mol. The zero-order valence-electron chi connectivity index (χ0n) is 14.3. The summed E-state index contributed by atoms with van der Waals surface area (Å²) in [6, 6.07) is 7.64. The van der Waals surface area contributed by atoms with Crippen molar-refractivity contribution in [3.8, 4) is 0 Å². The monoisotopic (exact) mass is 360 g/mol. The molecule has 1 atom stereocenters. The zero-order valence-corrected chi connectivity index (χ0v) is 15.2. The average Bonchev–Trinajstić information content (AvgIpc) is 3.05. The lowest BCUT2D eigenvalue weighted by molar-refractivity contribution is 0.0735. The van der Waals surface area contributed by atoms with Gasteiger partial charge in [-0.05, 0) is 55.7 Å². The first-order valence-electron chi connectivity index (χ1n) is 8.45. The molecule has 2 heterocycles. The molecular weight excluding hydrogens is 339 g/mol. The summed E-state index contributed by atoms with van der Waals surface area (Å²) < 4.78 is 13.0. The number of fused-ring (bicyclic) bond motifs is 1. The van der Waals surface area contributed by atoms with Gasteiger partial charge in [0.05, 0.1) is 4.88 Å². The molecule has 1 aromatic carbocycles. The van der Waals surface area contributed by atoms with Gasteiger partial charge in [0, 0.05) is 29.6 Å². The van der Waals surface area contributed by atoms with E-state index in [-0.39, 0.29) is 23.7 Å². The van der Waals surface area contributed by atoms with Gasteiger partial charge in [-0.3, -0.25) is 9.59 Å². The first kappa shape index (κ1) is 17.6. The van der Waals surface area contributed by atoms with Gasteiger partial charge in [0.15, 0.2) is 0 Å². The summed E-state index contributed by atoms with van der Waals surface area (Å²) in [6.45, 7) is 5.10. The zero-order chi connectivity index (χ0) is 18.0. The van der Waals surface area contributed by atoms with E-state index in [9.17, 15) is 14.0 Å². The van der Waals surface area contributed by atoms with Gasteiger partial charge < -0.3 is 10.2 Å². The number of carbonyl (C=O) groups excluding carboxylic acids is 2. The average molecular weight is 360 g/mol. The molecule has 0 spiro atoms. The normalized spacial score (nSPS) is 14.8. The van der Waals surface area contributed by atoms with Crippen molar-refractivity contribution >= 4 is 23.2 Å². The Morgan fingerprint density at radius 1 is 1.32 bits per heavy atom. The minimum absolute atomic E-state index is 0.0508. The second kappa shape index (κ2) is 7.35. The van der Waals surface area contributed by atoms with Crippen LogP contribution >= 0.6 is 11.3 Å². The van der Waals surface area contributed by atoms with E-state index in [1.54, 1.807) is 4.90 Å². The molecule has 1 unspecified atom stereocenters. The highest BCUT2D eigenvalue weighted by Crippen LogP contribution is 2.29. The largest absolute Gasteiger partial charge is 0.349 e. The van der Waals surface area contributed by atoms with E-state index >= 15 is 0 Å². The lowest BCUT2D eigenvalue weighted by Gasteiger charge is -2.27. The molecule has 0 saturated carbocycles. The number of thiophene rings is 1. The molecule has 0 bridgehead atoms. The van der Waals surface area contributed by atoms with E-state index in [4.69, 9.17) is 0 Å². The van der Waals surface area contributed by atoms with Gasteiger partial charge in [-0.15, -0.1) is 11.3 Å². The van der Waals surface area contributed by atoms with Crippen LogP contribution in [0, 0.1) is 5.82 Å². The van der Waals surface area contributed by atoms with Crippen LogP contribution in [-0.4, -0.2) is 29.3 Å². The molecule has 6 heteroatoms. The van der Waals surface area contributed by atoms with Crippen molar-refractivity contribution in [2.75, 3.05) is 6.54 Å². The second-order valence-electron chi connectivity index (χ2n) is 6.33. The van der Waals surface area contributed by atoms with Crippen molar-refractivity contribution in [1.29, 1.82) is 0 Å². The van der Waals surface area contributed by atoms with E-state index in [1.807, 2.05) is 19.9 Å². The minimum atomic E-state index is -0.354. The smallest absolute Gasteiger partial charge is 0.261 e. The van der Waals surface area contributed by atoms with Crippen LogP contribution in [0.25, 0.3) is 0 Å². The van der Waals surface area contributed by atoms with Crippen molar-refractivity contribution in [2.45, 2.75) is 39.3 Å². The minimum Gasteiger partial charge on any atom is -0.349 e. The van der Waals surface area contributed by atoms with Crippen LogP contribution in [-0.2, 0) is 13.0 Å². The number of hydrogen-bond donors (Lipinski definition) is 1. The molecule has 0 fully saturated rings. The molecule has 0 radical (unpaired) electrons. The number of carbonyl (C=O) groups is 2. The number of benzene rings is 1. The maximum atomic E-state index is 13.0. The predicted octanol–water partition coefficient (Wildman–Crippen LogP) is 3.61. The van der Waals surface area contributed by atoms with Crippen LogP contribution in [0.4, 0.5) is 4.39 Å². The van der Waals surface area contributed by atoms with Gasteiger partial charge in [-0.25, -0.2) is 4.39 Å². The Labute approximate surface area is 150 Å². The van der Waals surface area contributed by atoms with E-state index in [0.717, 1.165) is 23.3 Å². The molecule has 132 valence electrons. The molecule has 2 aromatic rings. The summed E-state index contributed by atoms with van der Waals surface area (Å²) in [5.41, 5.74) is 1.51. The van der Waals surface area contributed by atoms with Crippen LogP contribution < -0.4 is 5.32 Å². The molecule has 4 nitrogen and oxygen atoms in total.